The van der Waals surface area contributed by atoms with Crippen molar-refractivity contribution in [3.05, 3.63) is 24.3 Å². The third kappa shape index (κ3) is 5.22. The molecule has 0 aromatic rings. The molecular weight excluding hydrogens is 292 g/mol. The minimum absolute atomic E-state index is 0.257. The summed E-state index contributed by atoms with van der Waals surface area (Å²) in [6.45, 7) is 10.7. The fraction of sp³-hybridized carbons (Fsp3) is 0.684. The zero-order chi connectivity index (χ0) is 17.5. The maximum atomic E-state index is 12.8. The summed E-state index contributed by atoms with van der Waals surface area (Å²) in [4.78, 5) is 25.3. The van der Waals surface area contributed by atoms with Crippen LogP contribution in [0, 0.1) is 23.2 Å². The SMILES string of the molecule is CCCC1(C(=O)OCC(C)C)C=CC=CC1C(=O)OCC(C)C. The van der Waals surface area contributed by atoms with Crippen LogP contribution in [0.5, 0.6) is 0 Å². The molecular formula is C19H30O4. The third-order valence-corrected chi connectivity index (χ3v) is 3.77. The summed E-state index contributed by atoms with van der Waals surface area (Å²) < 4.78 is 10.9. The normalized spacial score (nSPS) is 23.3. The zero-order valence-corrected chi connectivity index (χ0v) is 15.0. The molecule has 0 fully saturated rings. The summed E-state index contributed by atoms with van der Waals surface area (Å²) >= 11 is 0. The fourth-order valence-electron chi connectivity index (χ4n) is 2.63. The highest BCUT2D eigenvalue weighted by molar-refractivity contribution is 5.89. The molecule has 0 saturated carbocycles. The van der Waals surface area contributed by atoms with Gasteiger partial charge in [0.1, 0.15) is 5.41 Å². The lowest BCUT2D eigenvalue weighted by atomic mass is 9.69. The molecule has 130 valence electrons. The Morgan fingerprint density at radius 3 is 2.22 bits per heavy atom. The Morgan fingerprint density at radius 2 is 1.65 bits per heavy atom. The first-order valence-electron chi connectivity index (χ1n) is 8.53. The Hall–Kier alpha value is -1.58. The van der Waals surface area contributed by atoms with E-state index >= 15 is 0 Å². The molecule has 0 amide bonds. The van der Waals surface area contributed by atoms with Crippen molar-refractivity contribution < 1.29 is 19.1 Å². The quantitative estimate of drug-likeness (QED) is 0.636. The van der Waals surface area contributed by atoms with Gasteiger partial charge in [-0.1, -0.05) is 65.3 Å². The highest BCUT2D eigenvalue weighted by Gasteiger charge is 2.48. The molecule has 0 bridgehead atoms. The number of rotatable bonds is 8. The number of hydrogen-bond donors (Lipinski definition) is 0. The molecule has 0 spiro atoms. The van der Waals surface area contributed by atoms with Crippen LogP contribution in [0.3, 0.4) is 0 Å². The largest absolute Gasteiger partial charge is 0.465 e. The highest BCUT2D eigenvalue weighted by Crippen LogP contribution is 2.40. The van der Waals surface area contributed by atoms with Crippen LogP contribution in [-0.4, -0.2) is 25.2 Å². The molecule has 0 aliphatic heterocycles. The zero-order valence-electron chi connectivity index (χ0n) is 15.0. The van der Waals surface area contributed by atoms with Gasteiger partial charge in [-0.15, -0.1) is 0 Å². The maximum absolute atomic E-state index is 12.8. The van der Waals surface area contributed by atoms with E-state index in [4.69, 9.17) is 9.47 Å². The van der Waals surface area contributed by atoms with Gasteiger partial charge in [-0.3, -0.25) is 9.59 Å². The van der Waals surface area contributed by atoms with E-state index in [0.717, 1.165) is 6.42 Å². The van der Waals surface area contributed by atoms with Gasteiger partial charge < -0.3 is 9.47 Å². The predicted molar refractivity (Wildman–Crippen MR) is 90.7 cm³/mol. The first kappa shape index (κ1) is 19.5. The lowest BCUT2D eigenvalue weighted by Gasteiger charge is -2.35. The van der Waals surface area contributed by atoms with Crippen LogP contribution in [0.15, 0.2) is 24.3 Å². The number of carbonyl (C=O) groups excluding carboxylic acids is 2. The molecule has 0 N–H and O–H groups in total. The molecule has 4 nitrogen and oxygen atoms in total. The van der Waals surface area contributed by atoms with Crippen LogP contribution >= 0.6 is 0 Å². The van der Waals surface area contributed by atoms with Crippen molar-refractivity contribution in [2.45, 2.75) is 47.5 Å². The van der Waals surface area contributed by atoms with Gasteiger partial charge in [0.2, 0.25) is 0 Å². The van der Waals surface area contributed by atoms with Crippen LogP contribution in [0.1, 0.15) is 47.5 Å². The molecule has 1 aliphatic rings. The van der Waals surface area contributed by atoms with Gasteiger partial charge in [-0.05, 0) is 18.3 Å². The van der Waals surface area contributed by atoms with E-state index < -0.39 is 11.3 Å². The molecule has 0 heterocycles. The molecule has 2 unspecified atom stereocenters. The van der Waals surface area contributed by atoms with Crippen molar-refractivity contribution in [2.75, 3.05) is 13.2 Å². The van der Waals surface area contributed by atoms with Crippen LogP contribution in [0.2, 0.25) is 0 Å². The van der Waals surface area contributed by atoms with Gasteiger partial charge in [0.15, 0.2) is 0 Å². The first-order chi connectivity index (χ1) is 10.8. The summed E-state index contributed by atoms with van der Waals surface area (Å²) in [5.74, 6) is -0.789. The van der Waals surface area contributed by atoms with Crippen molar-refractivity contribution in [2.24, 2.45) is 23.2 Å². The Labute approximate surface area is 139 Å². The topological polar surface area (TPSA) is 52.6 Å². The van der Waals surface area contributed by atoms with Gasteiger partial charge in [0, 0.05) is 0 Å². The minimum Gasteiger partial charge on any atom is -0.465 e. The molecule has 1 aliphatic carbocycles. The highest BCUT2D eigenvalue weighted by atomic mass is 16.5. The number of esters is 2. The van der Waals surface area contributed by atoms with E-state index in [2.05, 4.69) is 0 Å². The molecule has 2 atom stereocenters. The second-order valence-electron chi connectivity index (χ2n) is 7.03. The third-order valence-electron chi connectivity index (χ3n) is 3.77. The average Bonchev–Trinajstić information content (AvgIpc) is 2.50. The first-order valence-corrected chi connectivity index (χ1v) is 8.53. The summed E-state index contributed by atoms with van der Waals surface area (Å²) in [7, 11) is 0. The van der Waals surface area contributed by atoms with Crippen molar-refractivity contribution in [3.63, 3.8) is 0 Å². The van der Waals surface area contributed by atoms with E-state index in [-0.39, 0.29) is 23.8 Å². The van der Waals surface area contributed by atoms with Crippen molar-refractivity contribution >= 4 is 11.9 Å². The Balaban J connectivity index is 2.99. The monoisotopic (exact) mass is 322 g/mol. The van der Waals surface area contributed by atoms with E-state index in [0.29, 0.717) is 19.6 Å². The van der Waals surface area contributed by atoms with Crippen molar-refractivity contribution in [1.82, 2.24) is 0 Å². The second kappa shape index (κ2) is 8.90. The number of carbonyl (C=O) groups is 2. The summed E-state index contributed by atoms with van der Waals surface area (Å²) in [6.07, 6.45) is 8.52. The van der Waals surface area contributed by atoms with Crippen molar-refractivity contribution in [1.29, 1.82) is 0 Å². The lowest BCUT2D eigenvalue weighted by molar-refractivity contribution is -0.165. The molecule has 0 aromatic carbocycles. The summed E-state index contributed by atoms with van der Waals surface area (Å²) in [5, 5.41) is 0. The van der Waals surface area contributed by atoms with Crippen LogP contribution in [-0.2, 0) is 19.1 Å². The van der Waals surface area contributed by atoms with Crippen LogP contribution < -0.4 is 0 Å². The van der Waals surface area contributed by atoms with Gasteiger partial charge >= 0.3 is 11.9 Å². The van der Waals surface area contributed by atoms with Gasteiger partial charge in [-0.25, -0.2) is 0 Å². The van der Waals surface area contributed by atoms with E-state index in [9.17, 15) is 9.59 Å². The summed E-state index contributed by atoms with van der Waals surface area (Å²) in [5.41, 5.74) is -0.952. The molecule has 23 heavy (non-hydrogen) atoms. The molecule has 1 rings (SSSR count). The molecule has 0 aromatic heterocycles. The average molecular weight is 322 g/mol. The molecule has 0 saturated heterocycles. The minimum atomic E-state index is -0.952. The van der Waals surface area contributed by atoms with Gasteiger partial charge in [-0.2, -0.15) is 0 Å². The van der Waals surface area contributed by atoms with E-state index in [1.54, 1.807) is 18.2 Å². The van der Waals surface area contributed by atoms with Crippen LogP contribution in [0.4, 0.5) is 0 Å². The smallest absolute Gasteiger partial charge is 0.317 e. The number of allylic oxidation sites excluding steroid dienone is 2. The van der Waals surface area contributed by atoms with Crippen LogP contribution in [0.25, 0.3) is 0 Å². The standard InChI is InChI=1S/C19H30O4/c1-6-10-19(18(21)23-13-15(4)5)11-8-7-9-16(19)17(20)22-12-14(2)3/h7-9,11,14-16H,6,10,12-13H2,1-5H3. The maximum Gasteiger partial charge on any atom is 0.317 e. The van der Waals surface area contributed by atoms with E-state index in [1.165, 1.54) is 0 Å². The molecule has 0 radical (unpaired) electrons. The van der Waals surface area contributed by atoms with Gasteiger partial charge in [0.05, 0.1) is 19.1 Å². The Kier molecular flexibility index (Phi) is 7.53. The number of hydrogen-bond acceptors (Lipinski definition) is 4. The van der Waals surface area contributed by atoms with Gasteiger partial charge in [0.25, 0.3) is 0 Å². The number of ether oxygens (including phenoxy) is 2. The Morgan fingerprint density at radius 1 is 1.04 bits per heavy atom. The van der Waals surface area contributed by atoms with Crippen molar-refractivity contribution in [3.8, 4) is 0 Å². The fourth-order valence-corrected chi connectivity index (χ4v) is 2.63. The molecule has 4 heteroatoms. The Bertz CT molecular complexity index is 462. The second-order valence-corrected chi connectivity index (χ2v) is 7.03. The predicted octanol–water partition coefficient (Wildman–Crippen LogP) is 3.91. The summed E-state index contributed by atoms with van der Waals surface area (Å²) in [6, 6.07) is 0. The lowest BCUT2D eigenvalue weighted by Crippen LogP contribution is -2.43. The van der Waals surface area contributed by atoms with E-state index in [1.807, 2.05) is 40.7 Å².